The molecule has 13 heavy (non-hydrogen) atoms. The van der Waals surface area contributed by atoms with E-state index in [1.165, 1.54) is 0 Å². The highest BCUT2D eigenvalue weighted by atomic mass is 16.5. The molecular formula is C9H18O4. The van der Waals surface area contributed by atoms with Crippen LogP contribution in [0.15, 0.2) is 12.7 Å². The summed E-state index contributed by atoms with van der Waals surface area (Å²) in [6.07, 6.45) is 1.92. The maximum Gasteiger partial charge on any atom is 0.104 e. The Kier molecular flexibility index (Phi) is 9.35. The predicted molar refractivity (Wildman–Crippen MR) is 49.5 cm³/mol. The van der Waals surface area contributed by atoms with E-state index in [1.807, 2.05) is 0 Å². The molecule has 0 saturated carbocycles. The van der Waals surface area contributed by atoms with Gasteiger partial charge in [-0.25, -0.2) is 0 Å². The van der Waals surface area contributed by atoms with Crippen molar-refractivity contribution in [1.29, 1.82) is 0 Å². The molecule has 0 saturated heterocycles. The van der Waals surface area contributed by atoms with Gasteiger partial charge in [0.1, 0.15) is 6.10 Å². The summed E-state index contributed by atoms with van der Waals surface area (Å²) in [7, 11) is 0. The van der Waals surface area contributed by atoms with Gasteiger partial charge in [0.15, 0.2) is 0 Å². The first kappa shape index (κ1) is 12.6. The van der Waals surface area contributed by atoms with Crippen LogP contribution in [0.2, 0.25) is 0 Å². The lowest BCUT2D eigenvalue weighted by atomic mass is 10.4. The van der Waals surface area contributed by atoms with E-state index in [2.05, 4.69) is 6.58 Å². The van der Waals surface area contributed by atoms with Crippen LogP contribution in [0.25, 0.3) is 0 Å². The normalized spacial score (nSPS) is 12.8. The molecule has 1 atom stereocenters. The lowest BCUT2D eigenvalue weighted by Crippen LogP contribution is -2.24. The van der Waals surface area contributed by atoms with Gasteiger partial charge in [-0.05, 0) is 6.42 Å². The number of aliphatic hydroxyl groups excluding tert-OH is 2. The summed E-state index contributed by atoms with van der Waals surface area (Å²) < 4.78 is 10.3. The largest absolute Gasteiger partial charge is 0.396 e. The lowest BCUT2D eigenvalue weighted by molar-refractivity contribution is -0.0403. The van der Waals surface area contributed by atoms with Crippen LogP contribution >= 0.6 is 0 Å². The summed E-state index contributed by atoms with van der Waals surface area (Å²) in [5.41, 5.74) is 0. The second-order valence-corrected chi connectivity index (χ2v) is 2.58. The minimum Gasteiger partial charge on any atom is -0.396 e. The minimum absolute atomic E-state index is 0.0669. The Morgan fingerprint density at radius 3 is 2.69 bits per heavy atom. The van der Waals surface area contributed by atoms with E-state index >= 15 is 0 Å². The molecule has 0 heterocycles. The number of aliphatic hydroxyl groups is 2. The maximum absolute atomic E-state index is 8.83. The molecule has 4 heteroatoms. The molecule has 4 nitrogen and oxygen atoms in total. The average molecular weight is 190 g/mol. The first-order chi connectivity index (χ1) is 6.35. The Morgan fingerprint density at radius 1 is 1.38 bits per heavy atom. The summed E-state index contributed by atoms with van der Waals surface area (Å²) in [5, 5.41) is 17.3. The zero-order valence-corrected chi connectivity index (χ0v) is 7.82. The zero-order chi connectivity index (χ0) is 9.94. The molecule has 0 amide bonds. The van der Waals surface area contributed by atoms with Crippen LogP contribution in [0, 0.1) is 0 Å². The average Bonchev–Trinajstić information content (AvgIpc) is 2.16. The molecule has 0 aliphatic carbocycles. The molecule has 0 rings (SSSR count). The van der Waals surface area contributed by atoms with E-state index in [1.54, 1.807) is 6.08 Å². The molecule has 0 aromatic rings. The van der Waals surface area contributed by atoms with Crippen LogP contribution in [-0.2, 0) is 9.47 Å². The third-order valence-corrected chi connectivity index (χ3v) is 1.40. The van der Waals surface area contributed by atoms with Crippen LogP contribution in [0.5, 0.6) is 0 Å². The molecule has 0 aliphatic heterocycles. The second kappa shape index (κ2) is 9.67. The monoisotopic (exact) mass is 190 g/mol. The van der Waals surface area contributed by atoms with Gasteiger partial charge in [0, 0.05) is 13.2 Å². The molecule has 2 N–H and O–H groups in total. The highest BCUT2D eigenvalue weighted by Crippen LogP contribution is 1.94. The first-order valence-electron chi connectivity index (χ1n) is 4.37. The van der Waals surface area contributed by atoms with E-state index in [-0.39, 0.29) is 19.3 Å². The molecule has 78 valence electrons. The second-order valence-electron chi connectivity index (χ2n) is 2.58. The highest BCUT2D eigenvalue weighted by Gasteiger charge is 2.06. The molecule has 0 bridgehead atoms. The van der Waals surface area contributed by atoms with Gasteiger partial charge >= 0.3 is 0 Å². The van der Waals surface area contributed by atoms with E-state index in [4.69, 9.17) is 19.7 Å². The van der Waals surface area contributed by atoms with E-state index in [0.29, 0.717) is 26.2 Å². The number of hydrogen-bond donors (Lipinski definition) is 2. The zero-order valence-electron chi connectivity index (χ0n) is 7.82. The summed E-state index contributed by atoms with van der Waals surface area (Å²) in [6, 6.07) is 0. The topological polar surface area (TPSA) is 58.9 Å². The predicted octanol–water partition coefficient (Wildman–Crippen LogP) is -0.0511. The van der Waals surface area contributed by atoms with Crippen molar-refractivity contribution in [3.05, 3.63) is 12.7 Å². The molecule has 0 spiro atoms. The molecule has 0 aliphatic rings. The molecule has 0 aromatic carbocycles. The SMILES string of the molecule is C=CCOCC(CO)OCCCO. The Balaban J connectivity index is 3.33. The maximum atomic E-state index is 8.83. The van der Waals surface area contributed by atoms with Gasteiger partial charge in [-0.1, -0.05) is 6.08 Å². The van der Waals surface area contributed by atoms with Gasteiger partial charge < -0.3 is 19.7 Å². The van der Waals surface area contributed by atoms with Crippen molar-refractivity contribution in [3.8, 4) is 0 Å². The van der Waals surface area contributed by atoms with E-state index in [9.17, 15) is 0 Å². The molecular weight excluding hydrogens is 172 g/mol. The fourth-order valence-electron chi connectivity index (χ4n) is 0.751. The summed E-state index contributed by atoms with van der Waals surface area (Å²) >= 11 is 0. The lowest BCUT2D eigenvalue weighted by Gasteiger charge is -2.14. The molecule has 0 aromatic heterocycles. The van der Waals surface area contributed by atoms with E-state index in [0.717, 1.165) is 0 Å². The van der Waals surface area contributed by atoms with Gasteiger partial charge in [0.25, 0.3) is 0 Å². The molecule has 0 radical (unpaired) electrons. The quantitative estimate of drug-likeness (QED) is 0.395. The van der Waals surface area contributed by atoms with Crippen molar-refractivity contribution in [3.63, 3.8) is 0 Å². The third kappa shape index (κ3) is 7.93. The van der Waals surface area contributed by atoms with Crippen molar-refractivity contribution in [2.75, 3.05) is 33.0 Å². The smallest absolute Gasteiger partial charge is 0.104 e. The fraction of sp³-hybridized carbons (Fsp3) is 0.778. The van der Waals surface area contributed by atoms with Crippen molar-refractivity contribution in [2.24, 2.45) is 0 Å². The minimum atomic E-state index is -0.300. The number of hydrogen-bond acceptors (Lipinski definition) is 4. The highest BCUT2D eigenvalue weighted by molar-refractivity contribution is 4.65. The van der Waals surface area contributed by atoms with Crippen molar-refractivity contribution >= 4 is 0 Å². The van der Waals surface area contributed by atoms with Crippen LogP contribution < -0.4 is 0 Å². The Bertz CT molecular complexity index is 116. The number of rotatable bonds is 9. The van der Waals surface area contributed by atoms with Gasteiger partial charge in [0.05, 0.1) is 19.8 Å². The Morgan fingerprint density at radius 2 is 2.15 bits per heavy atom. The first-order valence-corrected chi connectivity index (χ1v) is 4.37. The fourth-order valence-corrected chi connectivity index (χ4v) is 0.751. The summed E-state index contributed by atoms with van der Waals surface area (Å²) in [6.45, 7) is 4.79. The summed E-state index contributed by atoms with van der Waals surface area (Å²) in [4.78, 5) is 0. The van der Waals surface area contributed by atoms with E-state index < -0.39 is 0 Å². The van der Waals surface area contributed by atoms with Crippen LogP contribution in [0.4, 0.5) is 0 Å². The molecule has 0 fully saturated rings. The van der Waals surface area contributed by atoms with Crippen LogP contribution in [-0.4, -0.2) is 49.4 Å². The number of ether oxygens (including phenoxy) is 2. The van der Waals surface area contributed by atoms with Crippen molar-refractivity contribution in [2.45, 2.75) is 12.5 Å². The van der Waals surface area contributed by atoms with Gasteiger partial charge in [-0.3, -0.25) is 0 Å². The third-order valence-electron chi connectivity index (χ3n) is 1.40. The summed E-state index contributed by atoms with van der Waals surface area (Å²) in [5.74, 6) is 0. The van der Waals surface area contributed by atoms with Crippen LogP contribution in [0.3, 0.4) is 0 Å². The Hall–Kier alpha value is -0.420. The van der Waals surface area contributed by atoms with Gasteiger partial charge in [0.2, 0.25) is 0 Å². The van der Waals surface area contributed by atoms with Crippen molar-refractivity contribution < 1.29 is 19.7 Å². The van der Waals surface area contributed by atoms with Crippen LogP contribution in [0.1, 0.15) is 6.42 Å². The van der Waals surface area contributed by atoms with Gasteiger partial charge in [-0.2, -0.15) is 0 Å². The van der Waals surface area contributed by atoms with Gasteiger partial charge in [-0.15, -0.1) is 6.58 Å². The Labute approximate surface area is 78.8 Å². The van der Waals surface area contributed by atoms with Crippen molar-refractivity contribution in [1.82, 2.24) is 0 Å². The standard InChI is InChI=1S/C9H18O4/c1-2-5-12-8-9(7-11)13-6-3-4-10/h2,9-11H,1,3-8H2. The molecule has 1 unspecified atom stereocenters.